The standard InChI is InChI=1S/C19H24N2O3/c1-23-18(12-20)11-19(22)21-13-15-7-9-17(10-8-15)24-14-16-5-3-2-4-6-16/h2-10,18H,11-14,20H2,1H3,(H,21,22). The van der Waals surface area contributed by atoms with E-state index in [2.05, 4.69) is 5.32 Å². The van der Waals surface area contributed by atoms with Gasteiger partial charge in [0.05, 0.1) is 12.5 Å². The zero-order valence-corrected chi connectivity index (χ0v) is 13.9. The predicted molar refractivity (Wildman–Crippen MR) is 93.5 cm³/mol. The van der Waals surface area contributed by atoms with Gasteiger partial charge in [-0.1, -0.05) is 42.5 Å². The van der Waals surface area contributed by atoms with Gasteiger partial charge in [-0.2, -0.15) is 0 Å². The molecule has 2 rings (SSSR count). The highest BCUT2D eigenvalue weighted by Crippen LogP contribution is 2.14. The molecule has 2 aromatic rings. The largest absolute Gasteiger partial charge is 0.489 e. The number of rotatable bonds is 9. The number of benzene rings is 2. The van der Waals surface area contributed by atoms with E-state index in [1.807, 2.05) is 54.6 Å². The molecule has 0 saturated heterocycles. The minimum absolute atomic E-state index is 0.0725. The van der Waals surface area contributed by atoms with Crippen molar-refractivity contribution >= 4 is 5.91 Å². The van der Waals surface area contributed by atoms with Gasteiger partial charge >= 0.3 is 0 Å². The Morgan fingerprint density at radius 1 is 1.08 bits per heavy atom. The molecule has 5 nitrogen and oxygen atoms in total. The first-order valence-corrected chi connectivity index (χ1v) is 7.96. The SMILES string of the molecule is COC(CN)CC(=O)NCc1ccc(OCc2ccccc2)cc1. The van der Waals surface area contributed by atoms with Gasteiger partial charge in [-0.3, -0.25) is 4.79 Å². The van der Waals surface area contributed by atoms with E-state index in [4.69, 9.17) is 15.2 Å². The van der Waals surface area contributed by atoms with Gasteiger partial charge in [0.1, 0.15) is 12.4 Å². The summed E-state index contributed by atoms with van der Waals surface area (Å²) in [6, 6.07) is 17.7. The molecule has 2 aromatic carbocycles. The van der Waals surface area contributed by atoms with Crippen molar-refractivity contribution in [1.82, 2.24) is 5.32 Å². The molecule has 3 N–H and O–H groups in total. The molecule has 0 heterocycles. The highest BCUT2D eigenvalue weighted by molar-refractivity contribution is 5.76. The third-order valence-corrected chi connectivity index (χ3v) is 3.67. The number of methoxy groups -OCH3 is 1. The lowest BCUT2D eigenvalue weighted by Gasteiger charge is -2.13. The maximum atomic E-state index is 11.8. The number of nitrogens with two attached hydrogens (primary N) is 1. The topological polar surface area (TPSA) is 73.6 Å². The Labute approximate surface area is 142 Å². The molecule has 0 fully saturated rings. The number of hydrogen-bond acceptors (Lipinski definition) is 4. The Bertz CT molecular complexity index is 610. The van der Waals surface area contributed by atoms with Gasteiger partial charge in [-0.15, -0.1) is 0 Å². The minimum atomic E-state index is -0.237. The number of amides is 1. The second-order valence-electron chi connectivity index (χ2n) is 5.49. The van der Waals surface area contributed by atoms with E-state index in [1.165, 1.54) is 0 Å². The van der Waals surface area contributed by atoms with Crippen LogP contribution in [0.5, 0.6) is 5.75 Å². The van der Waals surface area contributed by atoms with E-state index < -0.39 is 0 Å². The van der Waals surface area contributed by atoms with Gasteiger partial charge in [-0.25, -0.2) is 0 Å². The van der Waals surface area contributed by atoms with Crippen LogP contribution in [0.4, 0.5) is 0 Å². The van der Waals surface area contributed by atoms with Crippen molar-refractivity contribution in [3.05, 3.63) is 65.7 Å². The predicted octanol–water partition coefficient (Wildman–Crippen LogP) is 2.25. The molecular weight excluding hydrogens is 304 g/mol. The first-order valence-electron chi connectivity index (χ1n) is 7.96. The monoisotopic (exact) mass is 328 g/mol. The molecule has 1 unspecified atom stereocenters. The first-order chi connectivity index (χ1) is 11.7. The van der Waals surface area contributed by atoms with Gasteiger partial charge in [-0.05, 0) is 23.3 Å². The van der Waals surface area contributed by atoms with Crippen molar-refractivity contribution in [2.24, 2.45) is 5.73 Å². The van der Waals surface area contributed by atoms with Crippen molar-refractivity contribution in [2.75, 3.05) is 13.7 Å². The molecule has 0 aliphatic heterocycles. The lowest BCUT2D eigenvalue weighted by Crippen LogP contribution is -2.31. The van der Waals surface area contributed by atoms with Crippen LogP contribution in [0.3, 0.4) is 0 Å². The van der Waals surface area contributed by atoms with Crippen molar-refractivity contribution in [3.63, 3.8) is 0 Å². The summed E-state index contributed by atoms with van der Waals surface area (Å²) in [6.07, 6.45) is 0.0319. The normalized spacial score (nSPS) is 11.8. The van der Waals surface area contributed by atoms with E-state index in [9.17, 15) is 4.79 Å². The highest BCUT2D eigenvalue weighted by atomic mass is 16.5. The van der Waals surface area contributed by atoms with Crippen LogP contribution in [0.1, 0.15) is 17.5 Å². The summed E-state index contributed by atoms with van der Waals surface area (Å²) in [6.45, 7) is 1.34. The number of nitrogens with one attached hydrogen (secondary N) is 1. The zero-order valence-electron chi connectivity index (χ0n) is 13.9. The molecule has 0 radical (unpaired) electrons. The quantitative estimate of drug-likeness (QED) is 0.740. The summed E-state index contributed by atoms with van der Waals surface area (Å²) in [5.41, 5.74) is 7.64. The van der Waals surface area contributed by atoms with Crippen LogP contribution in [0.15, 0.2) is 54.6 Å². The molecule has 0 aromatic heterocycles. The summed E-state index contributed by atoms with van der Waals surface area (Å²) in [5.74, 6) is 0.730. The molecule has 128 valence electrons. The van der Waals surface area contributed by atoms with Gasteiger partial charge in [0, 0.05) is 20.2 Å². The summed E-state index contributed by atoms with van der Waals surface area (Å²) in [4.78, 5) is 11.8. The molecule has 1 amide bonds. The lowest BCUT2D eigenvalue weighted by atomic mass is 10.2. The average molecular weight is 328 g/mol. The number of carbonyl (C=O) groups is 1. The third-order valence-electron chi connectivity index (χ3n) is 3.67. The second-order valence-corrected chi connectivity index (χ2v) is 5.49. The van der Waals surface area contributed by atoms with Crippen LogP contribution in [-0.2, 0) is 22.7 Å². The molecule has 0 saturated carbocycles. The fourth-order valence-corrected chi connectivity index (χ4v) is 2.19. The molecule has 1 atom stereocenters. The Morgan fingerprint density at radius 3 is 2.42 bits per heavy atom. The van der Waals surface area contributed by atoms with Crippen LogP contribution in [0.25, 0.3) is 0 Å². The Balaban J connectivity index is 1.76. The van der Waals surface area contributed by atoms with Crippen molar-refractivity contribution in [2.45, 2.75) is 25.7 Å². The lowest BCUT2D eigenvalue weighted by molar-refractivity contribution is -0.123. The van der Waals surface area contributed by atoms with E-state index in [0.717, 1.165) is 16.9 Å². The number of hydrogen-bond donors (Lipinski definition) is 2. The van der Waals surface area contributed by atoms with E-state index >= 15 is 0 Å². The van der Waals surface area contributed by atoms with Crippen molar-refractivity contribution in [3.8, 4) is 5.75 Å². The molecule has 0 spiro atoms. The van der Waals surface area contributed by atoms with Crippen LogP contribution < -0.4 is 15.8 Å². The van der Waals surface area contributed by atoms with Crippen LogP contribution in [-0.4, -0.2) is 25.7 Å². The molecule has 0 bridgehead atoms. The molecule has 0 aliphatic carbocycles. The van der Waals surface area contributed by atoms with Gasteiger partial charge in [0.2, 0.25) is 5.91 Å². The minimum Gasteiger partial charge on any atom is -0.489 e. The Hall–Kier alpha value is -2.37. The summed E-state index contributed by atoms with van der Waals surface area (Å²) >= 11 is 0. The van der Waals surface area contributed by atoms with Gasteiger partial charge in [0.15, 0.2) is 0 Å². The molecule has 5 heteroatoms. The first kappa shape index (κ1) is 18.0. The van der Waals surface area contributed by atoms with E-state index in [0.29, 0.717) is 19.7 Å². The van der Waals surface area contributed by atoms with Crippen molar-refractivity contribution in [1.29, 1.82) is 0 Å². The van der Waals surface area contributed by atoms with Gasteiger partial charge < -0.3 is 20.5 Å². The maximum Gasteiger partial charge on any atom is 0.222 e. The van der Waals surface area contributed by atoms with Crippen LogP contribution in [0.2, 0.25) is 0 Å². The Kier molecular flexibility index (Phi) is 7.26. The summed E-state index contributed by atoms with van der Waals surface area (Å²) < 4.78 is 10.8. The third kappa shape index (κ3) is 6.02. The van der Waals surface area contributed by atoms with Crippen molar-refractivity contribution < 1.29 is 14.3 Å². The molecule has 0 aliphatic rings. The van der Waals surface area contributed by atoms with Crippen LogP contribution >= 0.6 is 0 Å². The number of ether oxygens (including phenoxy) is 2. The van der Waals surface area contributed by atoms with Gasteiger partial charge in [0.25, 0.3) is 0 Å². The summed E-state index contributed by atoms with van der Waals surface area (Å²) in [7, 11) is 1.55. The van der Waals surface area contributed by atoms with Crippen LogP contribution in [0, 0.1) is 0 Å². The summed E-state index contributed by atoms with van der Waals surface area (Å²) in [5, 5.41) is 2.86. The highest BCUT2D eigenvalue weighted by Gasteiger charge is 2.10. The molecule has 24 heavy (non-hydrogen) atoms. The fraction of sp³-hybridized carbons (Fsp3) is 0.316. The Morgan fingerprint density at radius 2 is 1.79 bits per heavy atom. The average Bonchev–Trinajstić information content (AvgIpc) is 2.64. The molecular formula is C19H24N2O3. The van der Waals surface area contributed by atoms with E-state index in [-0.39, 0.29) is 18.4 Å². The fourth-order valence-electron chi connectivity index (χ4n) is 2.19. The zero-order chi connectivity index (χ0) is 17.2. The number of carbonyl (C=O) groups excluding carboxylic acids is 1. The van der Waals surface area contributed by atoms with E-state index in [1.54, 1.807) is 7.11 Å². The maximum absolute atomic E-state index is 11.8. The smallest absolute Gasteiger partial charge is 0.222 e. The second kappa shape index (κ2) is 9.70.